The molecule has 0 aromatic heterocycles. The Morgan fingerprint density at radius 3 is 2.28 bits per heavy atom. The highest BCUT2D eigenvalue weighted by molar-refractivity contribution is 6.30. The second-order valence-electron chi connectivity index (χ2n) is 6.49. The molecule has 0 spiro atoms. The van der Waals surface area contributed by atoms with Crippen LogP contribution in [-0.2, 0) is 0 Å². The first kappa shape index (κ1) is 20.6. The van der Waals surface area contributed by atoms with Gasteiger partial charge in [-0.05, 0) is 55.3 Å². The van der Waals surface area contributed by atoms with E-state index in [1.54, 1.807) is 24.3 Å². The average Bonchev–Trinajstić information content (AvgIpc) is 2.76. The van der Waals surface area contributed by atoms with Gasteiger partial charge < -0.3 is 5.32 Å². The summed E-state index contributed by atoms with van der Waals surface area (Å²) in [5, 5.41) is 3.54. The zero-order chi connectivity index (χ0) is 20.6. The number of rotatable bonds is 6. The van der Waals surface area contributed by atoms with Crippen LogP contribution in [-0.4, -0.2) is 11.6 Å². The average molecular weight is 403 g/mol. The van der Waals surface area contributed by atoms with Gasteiger partial charge in [0.1, 0.15) is 0 Å². The highest BCUT2D eigenvalue weighted by atomic mass is 35.5. The standard InChI is InChI=1S/C25H23ClN2O/c1-3-23(18-9-6-5-7-10-18)28-24(4-2)20-11-8-12-22(17-20)27-25(29)19-13-15-21(26)16-14-19/h4-17H,3H2,1-2H3,(H,27,29)/b24-4-,28-23?. The molecule has 0 atom stereocenters. The Morgan fingerprint density at radius 1 is 0.931 bits per heavy atom. The number of carbonyl (C=O) groups excluding carboxylic acids is 1. The third-order valence-electron chi connectivity index (χ3n) is 4.49. The molecule has 1 amide bonds. The summed E-state index contributed by atoms with van der Waals surface area (Å²) in [5.41, 5.74) is 5.23. The maximum absolute atomic E-state index is 12.5. The number of carbonyl (C=O) groups is 1. The minimum Gasteiger partial charge on any atom is -0.322 e. The van der Waals surface area contributed by atoms with E-state index in [0.717, 1.165) is 34.6 Å². The number of benzene rings is 3. The fourth-order valence-electron chi connectivity index (χ4n) is 2.98. The highest BCUT2D eigenvalue weighted by Crippen LogP contribution is 2.22. The second-order valence-corrected chi connectivity index (χ2v) is 6.93. The van der Waals surface area contributed by atoms with Gasteiger partial charge in [0.05, 0.1) is 5.70 Å². The van der Waals surface area contributed by atoms with Crippen LogP contribution in [0.3, 0.4) is 0 Å². The second kappa shape index (κ2) is 9.85. The zero-order valence-electron chi connectivity index (χ0n) is 16.5. The summed E-state index contributed by atoms with van der Waals surface area (Å²) in [5.74, 6) is -0.178. The van der Waals surface area contributed by atoms with Crippen molar-refractivity contribution >= 4 is 34.6 Å². The van der Waals surface area contributed by atoms with Crippen LogP contribution in [0.4, 0.5) is 5.69 Å². The van der Waals surface area contributed by atoms with E-state index < -0.39 is 0 Å². The molecule has 0 fully saturated rings. The number of hydrogen-bond acceptors (Lipinski definition) is 2. The van der Waals surface area contributed by atoms with E-state index in [0.29, 0.717) is 10.6 Å². The largest absolute Gasteiger partial charge is 0.322 e. The zero-order valence-corrected chi connectivity index (χ0v) is 17.3. The third kappa shape index (κ3) is 5.43. The van der Waals surface area contributed by atoms with Crippen LogP contribution in [0, 0.1) is 0 Å². The Kier molecular flexibility index (Phi) is 6.99. The fourth-order valence-corrected chi connectivity index (χ4v) is 3.11. The van der Waals surface area contributed by atoms with E-state index in [-0.39, 0.29) is 5.91 Å². The van der Waals surface area contributed by atoms with E-state index in [9.17, 15) is 4.79 Å². The van der Waals surface area contributed by atoms with Crippen molar-refractivity contribution in [1.82, 2.24) is 0 Å². The number of nitrogens with zero attached hydrogens (tertiary/aromatic N) is 1. The molecule has 3 nitrogen and oxygen atoms in total. The molecule has 0 unspecified atom stereocenters. The summed E-state index contributed by atoms with van der Waals surface area (Å²) in [6.45, 7) is 4.07. The third-order valence-corrected chi connectivity index (χ3v) is 4.75. The summed E-state index contributed by atoms with van der Waals surface area (Å²) in [4.78, 5) is 17.4. The van der Waals surface area contributed by atoms with E-state index in [1.807, 2.05) is 55.5 Å². The molecule has 0 aliphatic heterocycles. The number of halogens is 1. The van der Waals surface area contributed by atoms with Crippen molar-refractivity contribution in [2.75, 3.05) is 5.32 Å². The number of aliphatic imine (C=N–C) groups is 1. The first-order valence-corrected chi connectivity index (χ1v) is 9.95. The molecule has 29 heavy (non-hydrogen) atoms. The highest BCUT2D eigenvalue weighted by Gasteiger charge is 2.08. The summed E-state index contributed by atoms with van der Waals surface area (Å²) < 4.78 is 0. The molecule has 0 radical (unpaired) electrons. The molecular weight excluding hydrogens is 380 g/mol. The molecular formula is C25H23ClN2O. The molecule has 0 aliphatic carbocycles. The van der Waals surface area contributed by atoms with Gasteiger partial charge in [-0.1, -0.05) is 67.1 Å². The molecule has 1 N–H and O–H groups in total. The minimum atomic E-state index is -0.178. The van der Waals surface area contributed by atoms with Crippen LogP contribution in [0.5, 0.6) is 0 Å². The van der Waals surface area contributed by atoms with Crippen molar-refractivity contribution in [1.29, 1.82) is 0 Å². The van der Waals surface area contributed by atoms with Crippen LogP contribution in [0.15, 0.2) is 89.9 Å². The van der Waals surface area contributed by atoms with Gasteiger partial charge >= 0.3 is 0 Å². The monoisotopic (exact) mass is 402 g/mol. The SMILES string of the molecule is C/C=C(\N=C(CC)c1ccccc1)c1cccc(NC(=O)c2ccc(Cl)cc2)c1. The Bertz CT molecular complexity index is 1040. The molecule has 0 bridgehead atoms. The van der Waals surface area contributed by atoms with E-state index >= 15 is 0 Å². The van der Waals surface area contributed by atoms with Gasteiger partial charge in [0.25, 0.3) is 5.91 Å². The van der Waals surface area contributed by atoms with Crippen LogP contribution in [0.25, 0.3) is 5.70 Å². The maximum atomic E-state index is 12.5. The van der Waals surface area contributed by atoms with Crippen LogP contribution in [0.2, 0.25) is 5.02 Å². The maximum Gasteiger partial charge on any atom is 0.255 e. The van der Waals surface area contributed by atoms with E-state index in [4.69, 9.17) is 16.6 Å². The molecule has 3 aromatic carbocycles. The van der Waals surface area contributed by atoms with Gasteiger partial charge in [-0.2, -0.15) is 0 Å². The lowest BCUT2D eigenvalue weighted by atomic mass is 10.1. The van der Waals surface area contributed by atoms with Gasteiger partial charge in [0.2, 0.25) is 0 Å². The van der Waals surface area contributed by atoms with Crippen molar-refractivity contribution in [3.8, 4) is 0 Å². The Hall–Kier alpha value is -3.17. The molecule has 0 aliphatic rings. The number of anilines is 1. The Morgan fingerprint density at radius 2 is 1.62 bits per heavy atom. The van der Waals surface area contributed by atoms with Crippen LogP contribution in [0.1, 0.15) is 41.8 Å². The molecule has 146 valence electrons. The van der Waals surface area contributed by atoms with E-state index in [1.165, 1.54) is 0 Å². The Balaban J connectivity index is 1.84. The van der Waals surface area contributed by atoms with Crippen molar-refractivity contribution in [2.24, 2.45) is 4.99 Å². The normalized spacial score (nSPS) is 12.0. The predicted molar refractivity (Wildman–Crippen MR) is 123 cm³/mol. The lowest BCUT2D eigenvalue weighted by Gasteiger charge is -2.10. The molecule has 0 saturated carbocycles. The summed E-state index contributed by atoms with van der Waals surface area (Å²) >= 11 is 5.90. The van der Waals surface area contributed by atoms with Crippen molar-refractivity contribution < 1.29 is 4.79 Å². The number of nitrogens with one attached hydrogen (secondary N) is 1. The molecule has 0 saturated heterocycles. The fraction of sp³-hybridized carbons (Fsp3) is 0.120. The first-order valence-electron chi connectivity index (χ1n) is 9.57. The van der Waals surface area contributed by atoms with Crippen molar-refractivity contribution in [2.45, 2.75) is 20.3 Å². The molecule has 4 heteroatoms. The molecule has 3 rings (SSSR count). The van der Waals surface area contributed by atoms with Gasteiger partial charge in [0.15, 0.2) is 0 Å². The smallest absolute Gasteiger partial charge is 0.255 e. The number of hydrogen-bond donors (Lipinski definition) is 1. The molecule has 3 aromatic rings. The van der Waals surface area contributed by atoms with Crippen LogP contribution >= 0.6 is 11.6 Å². The number of amides is 1. The minimum absolute atomic E-state index is 0.178. The summed E-state index contributed by atoms with van der Waals surface area (Å²) in [6.07, 6.45) is 2.81. The lowest BCUT2D eigenvalue weighted by Crippen LogP contribution is -2.11. The van der Waals surface area contributed by atoms with Gasteiger partial charge in [-0.25, -0.2) is 0 Å². The van der Waals surface area contributed by atoms with Gasteiger partial charge in [0, 0.05) is 27.5 Å². The van der Waals surface area contributed by atoms with Crippen LogP contribution < -0.4 is 5.32 Å². The van der Waals surface area contributed by atoms with Crippen molar-refractivity contribution in [3.63, 3.8) is 0 Å². The Labute approximate surface area is 176 Å². The number of allylic oxidation sites excluding steroid dienone is 1. The first-order chi connectivity index (χ1) is 14.1. The van der Waals surface area contributed by atoms with Crippen molar-refractivity contribution in [3.05, 3.63) is 107 Å². The summed E-state index contributed by atoms with van der Waals surface area (Å²) in [6, 6.07) is 24.7. The predicted octanol–water partition coefficient (Wildman–Crippen LogP) is 6.85. The lowest BCUT2D eigenvalue weighted by molar-refractivity contribution is 0.102. The topological polar surface area (TPSA) is 41.5 Å². The quantitative estimate of drug-likeness (QED) is 0.450. The van der Waals surface area contributed by atoms with Gasteiger partial charge in [-0.3, -0.25) is 9.79 Å². The molecule has 0 heterocycles. The van der Waals surface area contributed by atoms with Gasteiger partial charge in [-0.15, -0.1) is 0 Å². The van der Waals surface area contributed by atoms with E-state index in [2.05, 4.69) is 24.4 Å². The summed E-state index contributed by atoms with van der Waals surface area (Å²) in [7, 11) is 0.